The van der Waals surface area contributed by atoms with Crippen LogP contribution in [-0.4, -0.2) is 11.4 Å². The van der Waals surface area contributed by atoms with Crippen LogP contribution in [0.4, 0.5) is 4.39 Å². The fourth-order valence-corrected chi connectivity index (χ4v) is 2.23. The number of halogens is 1. The summed E-state index contributed by atoms with van der Waals surface area (Å²) in [5.74, 6) is -0.0263. The maximum atomic E-state index is 13.1. The molecular weight excluding hydrogens is 289 g/mol. The van der Waals surface area contributed by atoms with Crippen LogP contribution >= 0.6 is 0 Å². The van der Waals surface area contributed by atoms with Crippen molar-refractivity contribution in [3.63, 3.8) is 0 Å². The molecule has 122 valence electrons. The molecule has 2 rings (SSSR count). The molecular formula is C20H24FNO. The van der Waals surface area contributed by atoms with Crippen molar-refractivity contribution in [2.75, 3.05) is 0 Å². The van der Waals surface area contributed by atoms with Crippen molar-refractivity contribution >= 4 is 5.91 Å². The van der Waals surface area contributed by atoms with Crippen molar-refractivity contribution in [1.82, 2.24) is 5.32 Å². The number of hydrogen-bond donors (Lipinski definition) is 1. The van der Waals surface area contributed by atoms with Crippen molar-refractivity contribution in [1.29, 1.82) is 0 Å². The molecule has 23 heavy (non-hydrogen) atoms. The van der Waals surface area contributed by atoms with E-state index >= 15 is 0 Å². The van der Waals surface area contributed by atoms with Crippen LogP contribution < -0.4 is 5.32 Å². The van der Waals surface area contributed by atoms with Crippen LogP contribution in [0.15, 0.2) is 42.5 Å². The standard InChI is InChI=1S/C20H24FNO/c1-13(2)20(4,5)22-19(23)17-11-14(3)10-16(12-17)15-6-8-18(21)9-7-15/h6-13H,1-5H3,(H,22,23). The molecule has 3 heteroatoms. The highest BCUT2D eigenvalue weighted by molar-refractivity contribution is 5.96. The lowest BCUT2D eigenvalue weighted by Gasteiger charge is -2.30. The quantitative estimate of drug-likeness (QED) is 0.848. The van der Waals surface area contributed by atoms with Gasteiger partial charge in [0.05, 0.1) is 0 Å². The van der Waals surface area contributed by atoms with Gasteiger partial charge in [0.2, 0.25) is 0 Å². The molecule has 0 atom stereocenters. The van der Waals surface area contributed by atoms with E-state index in [0.29, 0.717) is 11.5 Å². The topological polar surface area (TPSA) is 29.1 Å². The Kier molecular flexibility index (Phi) is 4.88. The molecule has 0 bridgehead atoms. The molecule has 2 aromatic carbocycles. The fourth-order valence-electron chi connectivity index (χ4n) is 2.23. The highest BCUT2D eigenvalue weighted by Crippen LogP contribution is 2.24. The van der Waals surface area contributed by atoms with Gasteiger partial charge in [0.15, 0.2) is 0 Å². The first-order valence-corrected chi connectivity index (χ1v) is 7.89. The van der Waals surface area contributed by atoms with E-state index in [1.807, 2.05) is 39.0 Å². The first-order chi connectivity index (χ1) is 10.7. The van der Waals surface area contributed by atoms with Crippen molar-refractivity contribution in [2.45, 2.75) is 40.2 Å². The normalized spacial score (nSPS) is 11.6. The molecule has 0 aliphatic rings. The van der Waals surface area contributed by atoms with Crippen molar-refractivity contribution in [3.05, 3.63) is 59.4 Å². The Morgan fingerprint density at radius 1 is 1.04 bits per heavy atom. The number of benzene rings is 2. The number of aryl methyl sites for hydroxylation is 1. The third kappa shape index (κ3) is 4.19. The predicted octanol–water partition coefficient (Wildman–Crippen LogP) is 4.97. The summed E-state index contributed by atoms with van der Waals surface area (Å²) in [4.78, 5) is 12.6. The summed E-state index contributed by atoms with van der Waals surface area (Å²) in [7, 11) is 0. The van der Waals surface area contributed by atoms with Crippen molar-refractivity contribution < 1.29 is 9.18 Å². The largest absolute Gasteiger partial charge is 0.347 e. The van der Waals surface area contributed by atoms with Gasteiger partial charge in [-0.05, 0) is 67.6 Å². The Balaban J connectivity index is 2.34. The summed E-state index contributed by atoms with van der Waals surface area (Å²) in [5, 5.41) is 3.09. The van der Waals surface area contributed by atoms with Gasteiger partial charge in [0.1, 0.15) is 5.82 Å². The van der Waals surface area contributed by atoms with Gasteiger partial charge in [-0.2, -0.15) is 0 Å². The number of hydrogen-bond acceptors (Lipinski definition) is 1. The highest BCUT2D eigenvalue weighted by atomic mass is 19.1. The van der Waals surface area contributed by atoms with Gasteiger partial charge in [-0.3, -0.25) is 4.79 Å². The van der Waals surface area contributed by atoms with E-state index in [0.717, 1.165) is 16.7 Å². The molecule has 0 aromatic heterocycles. The maximum absolute atomic E-state index is 13.1. The zero-order valence-corrected chi connectivity index (χ0v) is 14.4. The number of carbonyl (C=O) groups excluding carboxylic acids is 1. The maximum Gasteiger partial charge on any atom is 0.251 e. The Labute approximate surface area is 137 Å². The molecule has 0 unspecified atom stereocenters. The van der Waals surface area contributed by atoms with Crippen LogP contribution in [0.1, 0.15) is 43.6 Å². The molecule has 0 heterocycles. The average molecular weight is 313 g/mol. The van der Waals surface area contributed by atoms with E-state index < -0.39 is 0 Å². The summed E-state index contributed by atoms with van der Waals surface area (Å²) >= 11 is 0. The van der Waals surface area contributed by atoms with Crippen LogP contribution in [0, 0.1) is 18.7 Å². The number of amides is 1. The number of rotatable bonds is 4. The van der Waals surface area contributed by atoms with E-state index in [-0.39, 0.29) is 17.3 Å². The van der Waals surface area contributed by atoms with Gasteiger partial charge in [0.25, 0.3) is 5.91 Å². The molecule has 0 saturated heterocycles. The zero-order chi connectivity index (χ0) is 17.2. The first kappa shape index (κ1) is 17.2. The van der Waals surface area contributed by atoms with Crippen LogP contribution in [0.3, 0.4) is 0 Å². The Morgan fingerprint density at radius 3 is 2.22 bits per heavy atom. The van der Waals surface area contributed by atoms with Gasteiger partial charge < -0.3 is 5.32 Å². The summed E-state index contributed by atoms with van der Waals surface area (Å²) in [5.41, 5.74) is 3.15. The Hall–Kier alpha value is -2.16. The second-order valence-electron chi connectivity index (χ2n) is 6.93. The lowest BCUT2D eigenvalue weighted by atomic mass is 9.90. The molecule has 0 spiro atoms. The van der Waals surface area contributed by atoms with E-state index in [4.69, 9.17) is 0 Å². The molecule has 0 aliphatic heterocycles. The van der Waals surface area contributed by atoms with E-state index in [9.17, 15) is 9.18 Å². The zero-order valence-electron chi connectivity index (χ0n) is 14.4. The van der Waals surface area contributed by atoms with Gasteiger partial charge in [-0.25, -0.2) is 4.39 Å². The van der Waals surface area contributed by atoms with Gasteiger partial charge >= 0.3 is 0 Å². The smallest absolute Gasteiger partial charge is 0.251 e. The molecule has 0 saturated carbocycles. The second-order valence-corrected chi connectivity index (χ2v) is 6.93. The van der Waals surface area contributed by atoms with Gasteiger partial charge in [-0.15, -0.1) is 0 Å². The molecule has 0 radical (unpaired) electrons. The molecule has 2 nitrogen and oxygen atoms in total. The monoisotopic (exact) mass is 313 g/mol. The van der Waals surface area contributed by atoms with Gasteiger partial charge in [-0.1, -0.05) is 32.0 Å². The lowest BCUT2D eigenvalue weighted by Crippen LogP contribution is -2.47. The molecule has 2 aromatic rings. The average Bonchev–Trinajstić information content (AvgIpc) is 2.46. The minimum absolute atomic E-state index is 0.0873. The highest BCUT2D eigenvalue weighted by Gasteiger charge is 2.25. The van der Waals surface area contributed by atoms with E-state index in [2.05, 4.69) is 19.2 Å². The fraction of sp³-hybridized carbons (Fsp3) is 0.350. The third-order valence-corrected chi connectivity index (χ3v) is 4.40. The number of carbonyl (C=O) groups is 1. The second kappa shape index (κ2) is 6.53. The number of nitrogens with one attached hydrogen (secondary N) is 1. The Bertz CT molecular complexity index is 702. The van der Waals surface area contributed by atoms with Gasteiger partial charge in [0, 0.05) is 11.1 Å². The Morgan fingerprint density at radius 2 is 1.65 bits per heavy atom. The van der Waals surface area contributed by atoms with E-state index in [1.165, 1.54) is 12.1 Å². The van der Waals surface area contributed by atoms with Crippen LogP contribution in [-0.2, 0) is 0 Å². The predicted molar refractivity (Wildman–Crippen MR) is 93.0 cm³/mol. The molecule has 0 fully saturated rings. The van der Waals surface area contributed by atoms with Crippen LogP contribution in [0.25, 0.3) is 11.1 Å². The summed E-state index contributed by atoms with van der Waals surface area (Å²) < 4.78 is 13.1. The SMILES string of the molecule is Cc1cc(C(=O)NC(C)(C)C(C)C)cc(-c2ccc(F)cc2)c1. The molecule has 0 aliphatic carbocycles. The molecule has 1 N–H and O–H groups in total. The van der Waals surface area contributed by atoms with Crippen LogP contribution in [0.5, 0.6) is 0 Å². The van der Waals surface area contributed by atoms with Crippen LogP contribution in [0.2, 0.25) is 0 Å². The third-order valence-electron chi connectivity index (χ3n) is 4.40. The van der Waals surface area contributed by atoms with Crippen molar-refractivity contribution in [2.24, 2.45) is 5.92 Å². The minimum Gasteiger partial charge on any atom is -0.347 e. The summed E-state index contributed by atoms with van der Waals surface area (Å²) in [6.07, 6.45) is 0. The lowest BCUT2D eigenvalue weighted by molar-refractivity contribution is 0.0890. The molecule has 1 amide bonds. The van der Waals surface area contributed by atoms with Crippen molar-refractivity contribution in [3.8, 4) is 11.1 Å². The summed E-state index contributed by atoms with van der Waals surface area (Å²) in [6.45, 7) is 10.2. The van der Waals surface area contributed by atoms with E-state index in [1.54, 1.807) is 12.1 Å². The first-order valence-electron chi connectivity index (χ1n) is 7.89. The summed E-state index contributed by atoms with van der Waals surface area (Å²) in [6, 6.07) is 12.0. The minimum atomic E-state index is -0.281.